The van der Waals surface area contributed by atoms with Crippen LogP contribution >= 0.6 is 11.6 Å². The second-order valence-electron chi connectivity index (χ2n) is 5.98. The van der Waals surface area contributed by atoms with E-state index in [9.17, 15) is 0 Å². The monoisotopic (exact) mass is 283 g/mol. The highest BCUT2D eigenvalue weighted by atomic mass is 35.5. The van der Waals surface area contributed by atoms with Gasteiger partial charge in [-0.2, -0.15) is 0 Å². The van der Waals surface area contributed by atoms with Gasteiger partial charge in [0.2, 0.25) is 0 Å². The van der Waals surface area contributed by atoms with E-state index in [0.717, 1.165) is 12.3 Å². The summed E-state index contributed by atoms with van der Waals surface area (Å²) in [7, 11) is -0.320. The molecule has 2 heteroatoms. The van der Waals surface area contributed by atoms with Crippen molar-refractivity contribution in [1.29, 1.82) is 0 Å². The lowest BCUT2D eigenvalue weighted by atomic mass is 9.86. The molecule has 0 fully saturated rings. The lowest BCUT2D eigenvalue weighted by Crippen LogP contribution is -2.17. The van der Waals surface area contributed by atoms with Crippen molar-refractivity contribution in [3.8, 4) is 0 Å². The van der Waals surface area contributed by atoms with Crippen LogP contribution in [0.4, 0.5) is 0 Å². The molecular formula is C16H28ClSi. The summed E-state index contributed by atoms with van der Waals surface area (Å²) in [5, 5.41) is 0. The van der Waals surface area contributed by atoms with Crippen molar-refractivity contribution in [3.63, 3.8) is 0 Å². The Hall–Kier alpha value is -0.273. The molecule has 1 rings (SSSR count). The summed E-state index contributed by atoms with van der Waals surface area (Å²) < 4.78 is 0. The third kappa shape index (κ3) is 4.77. The average molecular weight is 284 g/mol. The lowest BCUT2D eigenvalue weighted by Gasteiger charge is -2.22. The Morgan fingerprint density at radius 3 is 1.94 bits per heavy atom. The summed E-state index contributed by atoms with van der Waals surface area (Å²) >= 11 is 5.91. The van der Waals surface area contributed by atoms with E-state index in [1.807, 2.05) is 0 Å². The maximum absolute atomic E-state index is 5.91. The van der Waals surface area contributed by atoms with E-state index in [1.54, 1.807) is 0 Å². The highest BCUT2D eigenvalue weighted by Gasteiger charge is 2.18. The molecule has 0 bridgehead atoms. The summed E-state index contributed by atoms with van der Waals surface area (Å²) in [5.41, 5.74) is 3.81. The maximum Gasteiger partial charge on any atom is 0.0498 e. The first-order valence-electron chi connectivity index (χ1n) is 6.32. The molecule has 0 spiro atoms. The van der Waals surface area contributed by atoms with Gasteiger partial charge in [-0.3, -0.25) is 0 Å². The Labute approximate surface area is 120 Å². The molecule has 0 heterocycles. The molecule has 0 N–H and O–H groups in total. The quantitative estimate of drug-likeness (QED) is 0.496. The second-order valence-corrected chi connectivity index (χ2v) is 9.21. The van der Waals surface area contributed by atoms with E-state index in [0.29, 0.717) is 5.54 Å². The van der Waals surface area contributed by atoms with Crippen molar-refractivity contribution in [2.75, 3.05) is 5.88 Å². The van der Waals surface area contributed by atoms with Gasteiger partial charge in [0.1, 0.15) is 0 Å². The van der Waals surface area contributed by atoms with Crippen molar-refractivity contribution >= 4 is 20.4 Å². The highest BCUT2D eigenvalue weighted by Crippen LogP contribution is 2.27. The molecule has 1 aromatic rings. The molecule has 1 unspecified atom stereocenters. The summed E-state index contributed by atoms with van der Waals surface area (Å²) in [5.74, 6) is 0.765. The minimum atomic E-state index is -0.320. The number of rotatable bonds is 4. The molecule has 0 aliphatic carbocycles. The molecule has 0 aromatic heterocycles. The van der Waals surface area contributed by atoms with Crippen molar-refractivity contribution in [3.05, 3.63) is 35.4 Å². The molecule has 0 saturated heterocycles. The van der Waals surface area contributed by atoms with Crippen molar-refractivity contribution in [1.82, 2.24) is 0 Å². The summed E-state index contributed by atoms with van der Waals surface area (Å²) in [6, 6.07) is 9.16. The van der Waals surface area contributed by atoms with Gasteiger partial charge >= 0.3 is 0 Å². The Morgan fingerprint density at radius 1 is 1.11 bits per heavy atom. The average Bonchev–Trinajstić information content (AvgIpc) is 2.24. The standard InChI is InChI=1S/C15H24ClSi.CH4/c1-15(2,3)13-8-6-12(7-9-13)14(10-11-16)17(4)5;/h6-9,14H,10-11H2,1-5H3;1H4. The number of hydrogen-bond donors (Lipinski definition) is 0. The molecule has 0 aliphatic rings. The van der Waals surface area contributed by atoms with Crippen LogP contribution < -0.4 is 0 Å². The minimum Gasteiger partial charge on any atom is -0.127 e. The molecule has 0 nitrogen and oxygen atoms in total. The van der Waals surface area contributed by atoms with Crippen molar-refractivity contribution in [2.45, 2.75) is 58.7 Å². The fourth-order valence-corrected chi connectivity index (χ4v) is 4.10. The van der Waals surface area contributed by atoms with E-state index in [-0.39, 0.29) is 21.6 Å². The zero-order chi connectivity index (χ0) is 13.1. The molecule has 0 amide bonds. The number of halogens is 1. The molecule has 1 aromatic carbocycles. The van der Waals surface area contributed by atoms with Crippen LogP contribution in [-0.4, -0.2) is 14.7 Å². The number of benzene rings is 1. The van der Waals surface area contributed by atoms with Crippen LogP contribution in [0.3, 0.4) is 0 Å². The zero-order valence-electron chi connectivity index (χ0n) is 11.7. The van der Waals surface area contributed by atoms with Crippen molar-refractivity contribution < 1.29 is 0 Å². The first-order chi connectivity index (χ1) is 7.86. The van der Waals surface area contributed by atoms with E-state index >= 15 is 0 Å². The van der Waals surface area contributed by atoms with Gasteiger partial charge in [-0.15, -0.1) is 11.6 Å². The van der Waals surface area contributed by atoms with Crippen LogP contribution in [0.15, 0.2) is 24.3 Å². The molecule has 1 radical (unpaired) electrons. The molecule has 0 saturated carbocycles. The molecular weight excluding hydrogens is 256 g/mol. The summed E-state index contributed by atoms with van der Waals surface area (Å²) in [4.78, 5) is 0. The minimum absolute atomic E-state index is 0. The maximum atomic E-state index is 5.91. The lowest BCUT2D eigenvalue weighted by molar-refractivity contribution is 0.590. The topological polar surface area (TPSA) is 0 Å². The first-order valence-corrected chi connectivity index (χ1v) is 9.44. The van der Waals surface area contributed by atoms with Crippen LogP contribution in [0.5, 0.6) is 0 Å². The Balaban J connectivity index is 0.00000289. The van der Waals surface area contributed by atoms with Gasteiger partial charge in [0, 0.05) is 14.7 Å². The van der Waals surface area contributed by atoms with E-state index in [2.05, 4.69) is 58.1 Å². The van der Waals surface area contributed by atoms with Gasteiger partial charge in [-0.25, -0.2) is 0 Å². The number of hydrogen-bond acceptors (Lipinski definition) is 0. The van der Waals surface area contributed by atoms with Gasteiger partial charge < -0.3 is 0 Å². The molecule has 103 valence electrons. The Kier molecular flexibility index (Phi) is 7.24. The van der Waals surface area contributed by atoms with Gasteiger partial charge in [0.25, 0.3) is 0 Å². The van der Waals surface area contributed by atoms with Gasteiger partial charge in [-0.05, 0) is 28.5 Å². The highest BCUT2D eigenvalue weighted by molar-refractivity contribution is 6.57. The zero-order valence-corrected chi connectivity index (χ0v) is 13.4. The number of alkyl halides is 1. The van der Waals surface area contributed by atoms with Crippen LogP contribution in [0.25, 0.3) is 0 Å². The van der Waals surface area contributed by atoms with E-state index in [4.69, 9.17) is 11.6 Å². The summed E-state index contributed by atoms with van der Waals surface area (Å²) in [6.07, 6.45) is 1.11. The fraction of sp³-hybridized carbons (Fsp3) is 0.625. The Morgan fingerprint density at radius 2 is 1.61 bits per heavy atom. The third-order valence-electron chi connectivity index (χ3n) is 3.27. The second kappa shape index (κ2) is 7.35. The SMILES string of the molecule is C.C[Si](C)C(CCCl)c1ccc(C(C)(C)C)cc1. The largest absolute Gasteiger partial charge is 0.127 e. The summed E-state index contributed by atoms with van der Waals surface area (Å²) in [6.45, 7) is 11.5. The predicted octanol–water partition coefficient (Wildman–Crippen LogP) is 5.63. The predicted molar refractivity (Wildman–Crippen MR) is 87.4 cm³/mol. The van der Waals surface area contributed by atoms with Crippen LogP contribution in [0.2, 0.25) is 13.1 Å². The molecule has 0 aliphatic heterocycles. The third-order valence-corrected chi connectivity index (χ3v) is 5.51. The van der Waals surface area contributed by atoms with Crippen molar-refractivity contribution in [2.24, 2.45) is 0 Å². The van der Waals surface area contributed by atoms with Gasteiger partial charge in [0.05, 0.1) is 0 Å². The van der Waals surface area contributed by atoms with Crippen LogP contribution in [0.1, 0.15) is 51.3 Å². The van der Waals surface area contributed by atoms with E-state index in [1.165, 1.54) is 11.1 Å². The normalized spacial score (nSPS) is 13.3. The smallest absolute Gasteiger partial charge is 0.0498 e. The van der Waals surface area contributed by atoms with Gasteiger partial charge in [0.15, 0.2) is 0 Å². The first kappa shape index (κ1) is 17.7. The van der Waals surface area contributed by atoms with E-state index < -0.39 is 0 Å². The Bertz CT molecular complexity index is 335. The molecule has 1 atom stereocenters. The van der Waals surface area contributed by atoms with Crippen LogP contribution in [0, 0.1) is 0 Å². The molecule has 18 heavy (non-hydrogen) atoms. The fourth-order valence-electron chi connectivity index (χ4n) is 2.11. The van der Waals surface area contributed by atoms with Crippen LogP contribution in [-0.2, 0) is 5.41 Å². The van der Waals surface area contributed by atoms with Gasteiger partial charge in [-0.1, -0.05) is 65.6 Å².